The Labute approximate surface area is 162 Å². The predicted octanol–water partition coefficient (Wildman–Crippen LogP) is 4.06. The Morgan fingerprint density at radius 1 is 1.08 bits per heavy atom. The topological polar surface area (TPSA) is 38.8 Å². The highest BCUT2D eigenvalue weighted by atomic mass is 79.9. The molecule has 1 aliphatic rings. The molecule has 1 saturated heterocycles. The van der Waals surface area contributed by atoms with E-state index in [1.807, 2.05) is 30.3 Å². The first-order valence-corrected chi connectivity index (χ1v) is 8.81. The van der Waals surface area contributed by atoms with E-state index >= 15 is 0 Å². The second-order valence-corrected chi connectivity index (χ2v) is 6.66. The number of carbonyl (C=O) groups excluding carboxylic acids is 1. The van der Waals surface area contributed by atoms with Crippen LogP contribution in [0.4, 0.5) is 0 Å². The standard InChI is InChI=1S/C19H20BrNO3.ClH/c20-18-7-3-6-15(12-18)19(22)24-14-17-5-2-1-4-16(17)13-21-8-10-23-11-9-21;/h1-7,12H,8-11,13-14H2;1H. The zero-order chi connectivity index (χ0) is 16.8. The number of morpholine rings is 1. The lowest BCUT2D eigenvalue weighted by molar-refractivity contribution is 0.0335. The third kappa shape index (κ3) is 5.82. The summed E-state index contributed by atoms with van der Waals surface area (Å²) in [6, 6.07) is 15.3. The molecule has 0 amide bonds. The molecule has 0 unspecified atom stereocenters. The summed E-state index contributed by atoms with van der Waals surface area (Å²) in [5.74, 6) is -0.308. The van der Waals surface area contributed by atoms with Gasteiger partial charge in [-0.3, -0.25) is 4.90 Å². The van der Waals surface area contributed by atoms with Crippen LogP contribution in [0, 0.1) is 0 Å². The van der Waals surface area contributed by atoms with Gasteiger partial charge in [0.1, 0.15) is 6.61 Å². The van der Waals surface area contributed by atoms with Crippen molar-refractivity contribution in [3.8, 4) is 0 Å². The molecule has 1 fully saturated rings. The van der Waals surface area contributed by atoms with Gasteiger partial charge in [0.05, 0.1) is 18.8 Å². The minimum absolute atomic E-state index is 0. The summed E-state index contributed by atoms with van der Waals surface area (Å²) in [7, 11) is 0. The van der Waals surface area contributed by atoms with E-state index in [2.05, 4.69) is 26.9 Å². The van der Waals surface area contributed by atoms with Crippen LogP contribution in [0.5, 0.6) is 0 Å². The number of esters is 1. The molecule has 1 aliphatic heterocycles. The van der Waals surface area contributed by atoms with Crippen molar-refractivity contribution in [2.45, 2.75) is 13.2 Å². The SMILES string of the molecule is Cl.O=C(OCc1ccccc1CN1CCOCC1)c1cccc(Br)c1. The van der Waals surface area contributed by atoms with Gasteiger partial charge in [0, 0.05) is 24.1 Å². The first-order valence-electron chi connectivity index (χ1n) is 8.02. The maximum absolute atomic E-state index is 12.2. The summed E-state index contributed by atoms with van der Waals surface area (Å²) in [4.78, 5) is 14.6. The Balaban J connectivity index is 0.00000225. The van der Waals surface area contributed by atoms with E-state index in [1.54, 1.807) is 12.1 Å². The Morgan fingerprint density at radius 2 is 1.80 bits per heavy atom. The highest BCUT2D eigenvalue weighted by Gasteiger charge is 2.14. The van der Waals surface area contributed by atoms with Gasteiger partial charge in [0.25, 0.3) is 0 Å². The van der Waals surface area contributed by atoms with Crippen LogP contribution in [0.1, 0.15) is 21.5 Å². The fraction of sp³-hybridized carbons (Fsp3) is 0.316. The number of hydrogen-bond donors (Lipinski definition) is 0. The molecule has 0 atom stereocenters. The summed E-state index contributed by atoms with van der Waals surface area (Å²) in [6.07, 6.45) is 0. The van der Waals surface area contributed by atoms with Crippen LogP contribution < -0.4 is 0 Å². The second-order valence-electron chi connectivity index (χ2n) is 5.74. The molecule has 2 aromatic carbocycles. The van der Waals surface area contributed by atoms with E-state index in [1.165, 1.54) is 5.56 Å². The van der Waals surface area contributed by atoms with Crippen molar-refractivity contribution in [1.29, 1.82) is 0 Å². The molecule has 0 N–H and O–H groups in total. The minimum atomic E-state index is -0.308. The van der Waals surface area contributed by atoms with Crippen LogP contribution >= 0.6 is 28.3 Å². The van der Waals surface area contributed by atoms with Gasteiger partial charge in [-0.1, -0.05) is 46.3 Å². The van der Waals surface area contributed by atoms with E-state index in [0.29, 0.717) is 5.56 Å². The summed E-state index contributed by atoms with van der Waals surface area (Å²) < 4.78 is 11.8. The monoisotopic (exact) mass is 425 g/mol. The van der Waals surface area contributed by atoms with Crippen molar-refractivity contribution in [1.82, 2.24) is 4.90 Å². The molecule has 0 bridgehead atoms. The summed E-state index contributed by atoms with van der Waals surface area (Å²) >= 11 is 3.37. The van der Waals surface area contributed by atoms with E-state index in [9.17, 15) is 4.79 Å². The largest absolute Gasteiger partial charge is 0.457 e. The molecule has 25 heavy (non-hydrogen) atoms. The summed E-state index contributed by atoms with van der Waals surface area (Å²) in [6.45, 7) is 4.57. The van der Waals surface area contributed by atoms with Crippen molar-refractivity contribution < 1.29 is 14.3 Å². The van der Waals surface area contributed by atoms with Gasteiger partial charge in [-0.25, -0.2) is 4.79 Å². The quantitative estimate of drug-likeness (QED) is 0.676. The highest BCUT2D eigenvalue weighted by molar-refractivity contribution is 9.10. The zero-order valence-electron chi connectivity index (χ0n) is 13.8. The van der Waals surface area contributed by atoms with Crippen LogP contribution in [-0.4, -0.2) is 37.2 Å². The van der Waals surface area contributed by atoms with E-state index in [-0.39, 0.29) is 25.0 Å². The third-order valence-corrected chi connectivity index (χ3v) is 4.53. The molecule has 134 valence electrons. The molecule has 0 spiro atoms. The Morgan fingerprint density at radius 3 is 2.52 bits per heavy atom. The molecule has 3 rings (SSSR count). The molecule has 4 nitrogen and oxygen atoms in total. The fourth-order valence-corrected chi connectivity index (χ4v) is 3.09. The van der Waals surface area contributed by atoms with Crippen LogP contribution in [0.15, 0.2) is 53.0 Å². The molecule has 0 radical (unpaired) electrons. The summed E-state index contributed by atoms with van der Waals surface area (Å²) in [5, 5.41) is 0. The van der Waals surface area contributed by atoms with Crippen LogP contribution in [0.3, 0.4) is 0 Å². The average molecular weight is 427 g/mol. The van der Waals surface area contributed by atoms with E-state index in [0.717, 1.165) is 42.9 Å². The number of hydrogen-bond acceptors (Lipinski definition) is 4. The van der Waals surface area contributed by atoms with Crippen molar-refractivity contribution in [3.05, 3.63) is 69.7 Å². The number of nitrogens with zero attached hydrogens (tertiary/aromatic N) is 1. The van der Waals surface area contributed by atoms with Crippen molar-refractivity contribution in [2.24, 2.45) is 0 Å². The molecule has 1 heterocycles. The van der Waals surface area contributed by atoms with E-state index in [4.69, 9.17) is 9.47 Å². The van der Waals surface area contributed by atoms with Gasteiger partial charge in [-0.2, -0.15) is 0 Å². The number of halogens is 2. The second kappa shape index (κ2) is 9.92. The fourth-order valence-electron chi connectivity index (χ4n) is 2.69. The average Bonchev–Trinajstić information content (AvgIpc) is 2.61. The smallest absolute Gasteiger partial charge is 0.338 e. The van der Waals surface area contributed by atoms with Crippen molar-refractivity contribution in [2.75, 3.05) is 26.3 Å². The lowest BCUT2D eigenvalue weighted by Crippen LogP contribution is -2.35. The first-order chi connectivity index (χ1) is 11.7. The van der Waals surface area contributed by atoms with Crippen LogP contribution in [-0.2, 0) is 22.6 Å². The molecular formula is C19H21BrClNO3. The summed E-state index contributed by atoms with van der Waals surface area (Å²) in [5.41, 5.74) is 2.80. The zero-order valence-corrected chi connectivity index (χ0v) is 16.2. The maximum Gasteiger partial charge on any atom is 0.338 e. The van der Waals surface area contributed by atoms with Gasteiger partial charge >= 0.3 is 5.97 Å². The van der Waals surface area contributed by atoms with Crippen LogP contribution in [0.2, 0.25) is 0 Å². The number of carbonyl (C=O) groups is 1. The molecule has 2 aromatic rings. The first kappa shape index (κ1) is 19.9. The Bertz CT molecular complexity index is 705. The molecular weight excluding hydrogens is 406 g/mol. The highest BCUT2D eigenvalue weighted by Crippen LogP contribution is 2.16. The normalized spacial score (nSPS) is 14.6. The van der Waals surface area contributed by atoms with Crippen molar-refractivity contribution >= 4 is 34.3 Å². The van der Waals surface area contributed by atoms with Crippen LogP contribution in [0.25, 0.3) is 0 Å². The predicted molar refractivity (Wildman–Crippen MR) is 103 cm³/mol. The molecule has 6 heteroatoms. The van der Waals surface area contributed by atoms with Gasteiger partial charge in [0.2, 0.25) is 0 Å². The maximum atomic E-state index is 12.2. The number of ether oxygens (including phenoxy) is 2. The molecule has 0 aromatic heterocycles. The lowest BCUT2D eigenvalue weighted by atomic mass is 10.1. The number of rotatable bonds is 5. The lowest BCUT2D eigenvalue weighted by Gasteiger charge is -2.27. The van der Waals surface area contributed by atoms with Gasteiger partial charge < -0.3 is 9.47 Å². The number of benzene rings is 2. The molecule has 0 aliphatic carbocycles. The van der Waals surface area contributed by atoms with Gasteiger partial charge in [0.15, 0.2) is 0 Å². The van der Waals surface area contributed by atoms with Crippen molar-refractivity contribution in [3.63, 3.8) is 0 Å². The van der Waals surface area contributed by atoms with Gasteiger partial charge in [-0.05, 0) is 29.3 Å². The Hall–Kier alpha value is -1.40. The third-order valence-electron chi connectivity index (χ3n) is 4.04. The minimum Gasteiger partial charge on any atom is -0.457 e. The molecule has 0 saturated carbocycles. The Kier molecular flexibility index (Phi) is 7.90. The van der Waals surface area contributed by atoms with E-state index < -0.39 is 0 Å². The van der Waals surface area contributed by atoms with Gasteiger partial charge in [-0.15, -0.1) is 12.4 Å².